The SMILES string of the molecule is CCCNc1ncccc1CN(CC)CC. The van der Waals surface area contributed by atoms with Gasteiger partial charge in [-0.1, -0.05) is 26.8 Å². The van der Waals surface area contributed by atoms with Crippen LogP contribution in [0.2, 0.25) is 0 Å². The van der Waals surface area contributed by atoms with Gasteiger partial charge in [0.2, 0.25) is 0 Å². The van der Waals surface area contributed by atoms with Crippen molar-refractivity contribution in [2.45, 2.75) is 33.7 Å². The zero-order valence-corrected chi connectivity index (χ0v) is 10.7. The zero-order chi connectivity index (χ0) is 11.8. The lowest BCUT2D eigenvalue weighted by atomic mass is 10.2. The fourth-order valence-electron chi connectivity index (χ4n) is 1.66. The molecule has 0 saturated carbocycles. The number of nitrogens with one attached hydrogen (secondary N) is 1. The predicted molar refractivity (Wildman–Crippen MR) is 69.6 cm³/mol. The molecule has 0 radical (unpaired) electrons. The highest BCUT2D eigenvalue weighted by atomic mass is 15.1. The first-order valence-electron chi connectivity index (χ1n) is 6.21. The van der Waals surface area contributed by atoms with Crippen molar-refractivity contribution in [3.05, 3.63) is 23.9 Å². The van der Waals surface area contributed by atoms with Gasteiger partial charge in [-0.2, -0.15) is 0 Å². The third kappa shape index (κ3) is 3.81. The fourth-order valence-corrected chi connectivity index (χ4v) is 1.66. The van der Waals surface area contributed by atoms with Crippen molar-refractivity contribution in [1.82, 2.24) is 9.88 Å². The summed E-state index contributed by atoms with van der Waals surface area (Å²) in [5, 5.41) is 3.38. The predicted octanol–water partition coefficient (Wildman–Crippen LogP) is 2.75. The molecule has 0 amide bonds. The van der Waals surface area contributed by atoms with Gasteiger partial charge in [-0.25, -0.2) is 4.98 Å². The highest BCUT2D eigenvalue weighted by Crippen LogP contribution is 2.13. The normalized spacial score (nSPS) is 10.8. The third-order valence-electron chi connectivity index (χ3n) is 2.72. The molecule has 16 heavy (non-hydrogen) atoms. The second-order valence-electron chi connectivity index (χ2n) is 3.90. The number of pyridine rings is 1. The van der Waals surface area contributed by atoms with E-state index in [-0.39, 0.29) is 0 Å². The lowest BCUT2D eigenvalue weighted by molar-refractivity contribution is 0.296. The van der Waals surface area contributed by atoms with Gasteiger partial charge in [-0.3, -0.25) is 4.90 Å². The number of anilines is 1. The number of nitrogens with zero attached hydrogens (tertiary/aromatic N) is 2. The van der Waals surface area contributed by atoms with E-state index in [1.807, 2.05) is 12.3 Å². The average Bonchev–Trinajstić information content (AvgIpc) is 2.34. The Hall–Kier alpha value is -1.09. The monoisotopic (exact) mass is 221 g/mol. The van der Waals surface area contributed by atoms with Crippen LogP contribution in [0, 0.1) is 0 Å². The maximum atomic E-state index is 4.40. The van der Waals surface area contributed by atoms with Crippen LogP contribution in [0.25, 0.3) is 0 Å². The molecule has 0 aliphatic carbocycles. The van der Waals surface area contributed by atoms with Crippen LogP contribution in [0.1, 0.15) is 32.8 Å². The van der Waals surface area contributed by atoms with E-state index in [0.717, 1.165) is 38.4 Å². The summed E-state index contributed by atoms with van der Waals surface area (Å²) in [7, 11) is 0. The third-order valence-corrected chi connectivity index (χ3v) is 2.72. The van der Waals surface area contributed by atoms with Gasteiger partial charge >= 0.3 is 0 Å². The molecule has 0 aliphatic heterocycles. The van der Waals surface area contributed by atoms with Crippen LogP contribution in [-0.2, 0) is 6.54 Å². The Balaban J connectivity index is 2.69. The lowest BCUT2D eigenvalue weighted by Gasteiger charge is -2.19. The summed E-state index contributed by atoms with van der Waals surface area (Å²) in [6, 6.07) is 4.17. The zero-order valence-electron chi connectivity index (χ0n) is 10.7. The van der Waals surface area contributed by atoms with E-state index in [2.05, 4.69) is 42.0 Å². The maximum Gasteiger partial charge on any atom is 0.130 e. The minimum Gasteiger partial charge on any atom is -0.370 e. The Morgan fingerprint density at radius 2 is 2.00 bits per heavy atom. The van der Waals surface area contributed by atoms with Crippen molar-refractivity contribution in [2.75, 3.05) is 25.0 Å². The van der Waals surface area contributed by atoms with Gasteiger partial charge in [0.15, 0.2) is 0 Å². The highest BCUT2D eigenvalue weighted by Gasteiger charge is 2.06. The molecule has 0 atom stereocenters. The van der Waals surface area contributed by atoms with E-state index in [4.69, 9.17) is 0 Å². The van der Waals surface area contributed by atoms with Crippen molar-refractivity contribution in [3.63, 3.8) is 0 Å². The Kier molecular flexibility index (Phi) is 5.86. The average molecular weight is 221 g/mol. The molecule has 0 spiro atoms. The van der Waals surface area contributed by atoms with Crippen LogP contribution in [0.3, 0.4) is 0 Å². The molecule has 1 N–H and O–H groups in total. The van der Waals surface area contributed by atoms with E-state index < -0.39 is 0 Å². The molecule has 1 aromatic heterocycles. The molecule has 0 fully saturated rings. The molecule has 3 heteroatoms. The quantitative estimate of drug-likeness (QED) is 0.767. The molecule has 1 aromatic rings. The van der Waals surface area contributed by atoms with Crippen LogP contribution in [0.4, 0.5) is 5.82 Å². The van der Waals surface area contributed by atoms with E-state index in [0.29, 0.717) is 0 Å². The number of hydrogen-bond donors (Lipinski definition) is 1. The maximum absolute atomic E-state index is 4.40. The summed E-state index contributed by atoms with van der Waals surface area (Å²) in [4.78, 5) is 6.80. The molecule has 0 unspecified atom stereocenters. The van der Waals surface area contributed by atoms with E-state index >= 15 is 0 Å². The van der Waals surface area contributed by atoms with E-state index in [1.54, 1.807) is 0 Å². The summed E-state index contributed by atoms with van der Waals surface area (Å²) in [6.45, 7) is 10.7. The summed E-state index contributed by atoms with van der Waals surface area (Å²) in [5.41, 5.74) is 1.29. The topological polar surface area (TPSA) is 28.2 Å². The first kappa shape index (κ1) is 13.0. The Bertz CT molecular complexity index is 295. The van der Waals surface area contributed by atoms with Crippen LogP contribution in [-0.4, -0.2) is 29.5 Å². The summed E-state index contributed by atoms with van der Waals surface area (Å²) in [5.74, 6) is 1.04. The van der Waals surface area contributed by atoms with E-state index in [9.17, 15) is 0 Å². The van der Waals surface area contributed by atoms with Gasteiger partial charge in [-0.15, -0.1) is 0 Å². The van der Waals surface area contributed by atoms with Gasteiger partial charge in [0.05, 0.1) is 0 Å². The Labute approximate surface area is 98.9 Å². The Morgan fingerprint density at radius 1 is 1.25 bits per heavy atom. The first-order chi connectivity index (χ1) is 7.81. The van der Waals surface area contributed by atoms with Crippen molar-refractivity contribution in [3.8, 4) is 0 Å². The minimum absolute atomic E-state index is 0.979. The second kappa shape index (κ2) is 7.23. The van der Waals surface area contributed by atoms with Crippen LogP contribution >= 0.6 is 0 Å². The summed E-state index contributed by atoms with van der Waals surface area (Å²) < 4.78 is 0. The smallest absolute Gasteiger partial charge is 0.130 e. The van der Waals surface area contributed by atoms with E-state index in [1.165, 1.54) is 5.56 Å². The highest BCUT2D eigenvalue weighted by molar-refractivity contribution is 5.43. The molecule has 3 nitrogen and oxygen atoms in total. The standard InChI is InChI=1S/C13H23N3/c1-4-9-14-13-12(8-7-10-15-13)11-16(5-2)6-3/h7-8,10H,4-6,9,11H2,1-3H3,(H,14,15). The van der Waals surface area contributed by atoms with Crippen molar-refractivity contribution < 1.29 is 0 Å². The largest absolute Gasteiger partial charge is 0.370 e. The molecule has 0 saturated heterocycles. The molecule has 1 rings (SSSR count). The van der Waals surface area contributed by atoms with Gasteiger partial charge in [0, 0.05) is 24.8 Å². The molecular formula is C13H23N3. The van der Waals surface area contributed by atoms with Gasteiger partial charge in [0.25, 0.3) is 0 Å². The molecule has 0 aliphatic rings. The van der Waals surface area contributed by atoms with Crippen LogP contribution in [0.5, 0.6) is 0 Å². The van der Waals surface area contributed by atoms with Gasteiger partial charge in [-0.05, 0) is 25.6 Å². The van der Waals surface area contributed by atoms with Crippen LogP contribution in [0.15, 0.2) is 18.3 Å². The molecule has 90 valence electrons. The van der Waals surface area contributed by atoms with Gasteiger partial charge < -0.3 is 5.32 Å². The minimum atomic E-state index is 0.979. The number of rotatable bonds is 7. The lowest BCUT2D eigenvalue weighted by Crippen LogP contribution is -2.23. The molecule has 1 heterocycles. The molecular weight excluding hydrogens is 198 g/mol. The van der Waals surface area contributed by atoms with Crippen molar-refractivity contribution >= 4 is 5.82 Å². The number of aromatic nitrogens is 1. The van der Waals surface area contributed by atoms with Gasteiger partial charge in [0.1, 0.15) is 5.82 Å². The molecule has 0 bridgehead atoms. The second-order valence-corrected chi connectivity index (χ2v) is 3.90. The summed E-state index contributed by atoms with van der Waals surface area (Å²) in [6.07, 6.45) is 2.98. The summed E-state index contributed by atoms with van der Waals surface area (Å²) >= 11 is 0. The molecule has 0 aromatic carbocycles. The first-order valence-corrected chi connectivity index (χ1v) is 6.21. The van der Waals surface area contributed by atoms with Crippen molar-refractivity contribution in [1.29, 1.82) is 0 Å². The number of hydrogen-bond acceptors (Lipinski definition) is 3. The van der Waals surface area contributed by atoms with Crippen molar-refractivity contribution in [2.24, 2.45) is 0 Å². The fraction of sp³-hybridized carbons (Fsp3) is 0.615. The van der Waals surface area contributed by atoms with Crippen LogP contribution < -0.4 is 5.32 Å². The Morgan fingerprint density at radius 3 is 2.62 bits per heavy atom.